The maximum Gasteiger partial charge on any atom is 0.225 e. The lowest BCUT2D eigenvalue weighted by Crippen LogP contribution is -2.13. The van der Waals surface area contributed by atoms with Gasteiger partial charge in [0, 0.05) is 24.4 Å². The summed E-state index contributed by atoms with van der Waals surface area (Å²) >= 11 is 0. The molecule has 0 aliphatic rings. The smallest absolute Gasteiger partial charge is 0.225 e. The van der Waals surface area contributed by atoms with E-state index in [9.17, 15) is 4.79 Å². The van der Waals surface area contributed by atoms with Crippen LogP contribution in [-0.4, -0.2) is 28.9 Å². The van der Waals surface area contributed by atoms with Gasteiger partial charge in [-0.15, -0.1) is 0 Å². The van der Waals surface area contributed by atoms with Crippen molar-refractivity contribution in [1.82, 2.24) is 9.97 Å². The quantitative estimate of drug-likeness (QED) is 0.596. The number of benzene rings is 1. The number of nitrogens with zero attached hydrogens (tertiary/aromatic N) is 2. The third-order valence-corrected chi connectivity index (χ3v) is 2.89. The topological polar surface area (TPSA) is 64.1 Å². The highest BCUT2D eigenvalue weighted by molar-refractivity contribution is 5.97. The van der Waals surface area contributed by atoms with Gasteiger partial charge in [0.05, 0.1) is 0 Å². The van der Waals surface area contributed by atoms with Crippen LogP contribution in [0.4, 0.5) is 5.95 Å². The Balaban J connectivity index is 1.88. The second-order valence-electron chi connectivity index (χ2n) is 4.58. The number of carbonyl (C=O) groups excluding carboxylic acids is 1. The zero-order valence-electron chi connectivity index (χ0n) is 12.1. The summed E-state index contributed by atoms with van der Waals surface area (Å²) in [4.78, 5) is 20.3. The Morgan fingerprint density at radius 2 is 2.05 bits per heavy atom. The first-order chi connectivity index (χ1) is 10.3. The molecule has 0 radical (unpaired) electrons. The summed E-state index contributed by atoms with van der Waals surface area (Å²) in [6.07, 6.45) is 3.78. The van der Waals surface area contributed by atoms with Gasteiger partial charge in [-0.05, 0) is 6.42 Å². The summed E-state index contributed by atoms with van der Waals surface area (Å²) in [5.41, 5.74) is 0.632. The van der Waals surface area contributed by atoms with Crippen LogP contribution in [0.1, 0.15) is 30.1 Å². The second kappa shape index (κ2) is 7.99. The number of carbonyl (C=O) groups is 1. The summed E-state index contributed by atoms with van der Waals surface area (Å²) in [5, 5.41) is 3.12. The summed E-state index contributed by atoms with van der Waals surface area (Å²) in [6.45, 7) is 2.91. The van der Waals surface area contributed by atoms with Gasteiger partial charge in [-0.2, -0.15) is 4.98 Å². The SMILES string of the molecule is CCCCNc1nccc(OCC(=O)c2ccccc2)n1. The molecule has 21 heavy (non-hydrogen) atoms. The number of anilines is 1. The van der Waals surface area contributed by atoms with Crippen LogP contribution >= 0.6 is 0 Å². The Kier molecular flexibility index (Phi) is 5.70. The van der Waals surface area contributed by atoms with Crippen LogP contribution in [0, 0.1) is 0 Å². The standard InChI is InChI=1S/C16H19N3O2/c1-2-3-10-17-16-18-11-9-15(19-16)21-12-14(20)13-7-5-4-6-8-13/h4-9,11H,2-3,10,12H2,1H3,(H,17,18,19). The van der Waals surface area contributed by atoms with Crippen LogP contribution in [0.15, 0.2) is 42.6 Å². The normalized spacial score (nSPS) is 10.1. The highest BCUT2D eigenvalue weighted by atomic mass is 16.5. The number of ketones is 1. The van der Waals surface area contributed by atoms with Crippen LogP contribution in [0.5, 0.6) is 5.88 Å². The van der Waals surface area contributed by atoms with Gasteiger partial charge in [-0.25, -0.2) is 4.98 Å². The minimum absolute atomic E-state index is 0.0323. The molecule has 2 aromatic rings. The molecule has 5 nitrogen and oxygen atoms in total. The Morgan fingerprint density at radius 1 is 1.24 bits per heavy atom. The van der Waals surface area contributed by atoms with E-state index in [0.29, 0.717) is 17.4 Å². The molecule has 0 aliphatic carbocycles. The predicted octanol–water partition coefficient (Wildman–Crippen LogP) is 2.95. The molecular formula is C16H19N3O2. The van der Waals surface area contributed by atoms with Crippen molar-refractivity contribution in [3.05, 3.63) is 48.2 Å². The average molecular weight is 285 g/mol. The Labute approximate surface area is 124 Å². The molecule has 2 rings (SSSR count). The minimum atomic E-state index is -0.0743. The molecule has 0 saturated carbocycles. The molecule has 0 unspecified atom stereocenters. The third kappa shape index (κ3) is 4.87. The predicted molar refractivity (Wildman–Crippen MR) is 81.7 cm³/mol. The molecule has 1 N–H and O–H groups in total. The molecule has 0 fully saturated rings. The molecule has 110 valence electrons. The number of Topliss-reactive ketones (excluding diaryl/α,β-unsaturated/α-hetero) is 1. The van der Waals surface area contributed by atoms with Crippen LogP contribution < -0.4 is 10.1 Å². The lowest BCUT2D eigenvalue weighted by atomic mass is 10.1. The fraction of sp³-hybridized carbons (Fsp3) is 0.312. The first kappa shape index (κ1) is 15.0. The Bertz CT molecular complexity index is 573. The molecule has 0 spiro atoms. The molecule has 1 aromatic carbocycles. The summed E-state index contributed by atoms with van der Waals surface area (Å²) < 4.78 is 5.43. The van der Waals surface area contributed by atoms with Crippen LogP contribution in [-0.2, 0) is 0 Å². The van der Waals surface area contributed by atoms with Crippen LogP contribution in [0.3, 0.4) is 0 Å². The lowest BCUT2D eigenvalue weighted by molar-refractivity contribution is 0.0918. The summed E-state index contributed by atoms with van der Waals surface area (Å²) in [6, 6.07) is 10.7. The number of unbranched alkanes of at least 4 members (excludes halogenated alkanes) is 1. The second-order valence-corrected chi connectivity index (χ2v) is 4.58. The number of hydrogen-bond acceptors (Lipinski definition) is 5. The molecule has 1 aromatic heterocycles. The number of aromatic nitrogens is 2. The maximum atomic E-state index is 11.9. The fourth-order valence-corrected chi connectivity index (χ4v) is 1.73. The molecule has 0 saturated heterocycles. The van der Waals surface area contributed by atoms with Gasteiger partial charge in [-0.1, -0.05) is 43.7 Å². The molecule has 0 atom stereocenters. The van der Waals surface area contributed by atoms with E-state index in [1.54, 1.807) is 24.4 Å². The van der Waals surface area contributed by atoms with E-state index in [0.717, 1.165) is 19.4 Å². The van der Waals surface area contributed by atoms with Crippen LogP contribution in [0.2, 0.25) is 0 Å². The van der Waals surface area contributed by atoms with Gasteiger partial charge in [0.15, 0.2) is 12.4 Å². The third-order valence-electron chi connectivity index (χ3n) is 2.89. The molecule has 0 aliphatic heterocycles. The molecule has 0 amide bonds. The number of hydrogen-bond donors (Lipinski definition) is 1. The van der Waals surface area contributed by atoms with Gasteiger partial charge in [-0.3, -0.25) is 4.79 Å². The average Bonchev–Trinajstić information content (AvgIpc) is 2.54. The lowest BCUT2D eigenvalue weighted by Gasteiger charge is -2.07. The number of rotatable bonds is 8. The van der Waals surface area contributed by atoms with Crippen molar-refractivity contribution in [2.24, 2.45) is 0 Å². The van der Waals surface area contributed by atoms with Crippen molar-refractivity contribution < 1.29 is 9.53 Å². The summed E-state index contributed by atoms with van der Waals surface area (Å²) in [5.74, 6) is 0.844. The van der Waals surface area contributed by atoms with Crippen molar-refractivity contribution in [2.75, 3.05) is 18.5 Å². The van der Waals surface area contributed by atoms with Crippen molar-refractivity contribution in [2.45, 2.75) is 19.8 Å². The fourth-order valence-electron chi connectivity index (χ4n) is 1.73. The molecule has 5 heteroatoms. The van der Waals surface area contributed by atoms with Crippen molar-refractivity contribution in [1.29, 1.82) is 0 Å². The van der Waals surface area contributed by atoms with E-state index >= 15 is 0 Å². The molecular weight excluding hydrogens is 266 g/mol. The zero-order valence-corrected chi connectivity index (χ0v) is 12.1. The van der Waals surface area contributed by atoms with Gasteiger partial charge in [0.25, 0.3) is 0 Å². The minimum Gasteiger partial charge on any atom is -0.469 e. The number of nitrogens with one attached hydrogen (secondary N) is 1. The van der Waals surface area contributed by atoms with Gasteiger partial charge < -0.3 is 10.1 Å². The van der Waals surface area contributed by atoms with E-state index in [-0.39, 0.29) is 12.4 Å². The van der Waals surface area contributed by atoms with Crippen molar-refractivity contribution >= 4 is 11.7 Å². The first-order valence-corrected chi connectivity index (χ1v) is 7.07. The van der Waals surface area contributed by atoms with E-state index in [1.165, 1.54) is 0 Å². The van der Waals surface area contributed by atoms with Gasteiger partial charge in [0.2, 0.25) is 11.8 Å². The van der Waals surface area contributed by atoms with Crippen LogP contribution in [0.25, 0.3) is 0 Å². The van der Waals surface area contributed by atoms with Crippen molar-refractivity contribution in [3.63, 3.8) is 0 Å². The van der Waals surface area contributed by atoms with E-state index in [2.05, 4.69) is 22.2 Å². The Hall–Kier alpha value is -2.43. The van der Waals surface area contributed by atoms with E-state index < -0.39 is 0 Å². The monoisotopic (exact) mass is 285 g/mol. The van der Waals surface area contributed by atoms with E-state index in [4.69, 9.17) is 4.74 Å². The Morgan fingerprint density at radius 3 is 2.81 bits per heavy atom. The van der Waals surface area contributed by atoms with E-state index in [1.807, 2.05) is 18.2 Å². The largest absolute Gasteiger partial charge is 0.469 e. The zero-order chi connectivity index (χ0) is 14.9. The maximum absolute atomic E-state index is 11.9. The van der Waals surface area contributed by atoms with Crippen molar-refractivity contribution in [3.8, 4) is 5.88 Å². The molecule has 1 heterocycles. The van der Waals surface area contributed by atoms with Gasteiger partial charge in [0.1, 0.15) is 0 Å². The molecule has 0 bridgehead atoms. The highest BCUT2D eigenvalue weighted by Gasteiger charge is 2.07. The first-order valence-electron chi connectivity index (χ1n) is 7.07. The highest BCUT2D eigenvalue weighted by Crippen LogP contribution is 2.09. The van der Waals surface area contributed by atoms with Gasteiger partial charge >= 0.3 is 0 Å². The summed E-state index contributed by atoms with van der Waals surface area (Å²) in [7, 11) is 0. The number of ether oxygens (including phenoxy) is 1.